The van der Waals surface area contributed by atoms with Crippen LogP contribution < -0.4 is 5.32 Å². The van der Waals surface area contributed by atoms with Crippen LogP contribution in [0.2, 0.25) is 5.02 Å². The molecule has 0 radical (unpaired) electrons. The predicted molar refractivity (Wildman–Crippen MR) is 74.4 cm³/mol. The van der Waals surface area contributed by atoms with Crippen molar-refractivity contribution in [3.05, 3.63) is 76.9 Å². The molecule has 3 heteroatoms. The van der Waals surface area contributed by atoms with E-state index in [4.69, 9.17) is 11.6 Å². The quantitative estimate of drug-likeness (QED) is 0.892. The highest BCUT2D eigenvalue weighted by molar-refractivity contribution is 6.32. The highest BCUT2D eigenvalue weighted by atomic mass is 35.5. The molecule has 1 amide bonds. The van der Waals surface area contributed by atoms with Gasteiger partial charge in [-0.25, -0.2) is 0 Å². The van der Waals surface area contributed by atoms with Gasteiger partial charge < -0.3 is 5.32 Å². The largest absolute Gasteiger partial charge is 0.329 e. The lowest BCUT2D eigenvalue weighted by Crippen LogP contribution is -2.16. The van der Waals surface area contributed by atoms with Crippen molar-refractivity contribution in [1.82, 2.24) is 5.32 Å². The number of carbonyl (C=O) groups is 1. The molecule has 0 spiro atoms. The van der Waals surface area contributed by atoms with Gasteiger partial charge in [0.2, 0.25) is 0 Å². The van der Waals surface area contributed by atoms with Crippen molar-refractivity contribution in [3.63, 3.8) is 0 Å². The van der Waals surface area contributed by atoms with Gasteiger partial charge in [-0.1, -0.05) is 48.0 Å². The number of hydrogen-bond acceptors (Lipinski definition) is 1. The molecule has 0 aliphatic carbocycles. The zero-order chi connectivity index (χ0) is 12.8. The molecular weight excluding hydrogens is 246 g/mol. The number of amides is 1. The second kappa shape index (κ2) is 6.03. The Morgan fingerprint density at radius 2 is 1.67 bits per heavy atom. The van der Waals surface area contributed by atoms with Crippen molar-refractivity contribution < 1.29 is 4.79 Å². The van der Waals surface area contributed by atoms with Gasteiger partial charge in [0.1, 0.15) is 0 Å². The summed E-state index contributed by atoms with van der Waals surface area (Å²) >= 11 is 5.99. The first-order valence-corrected chi connectivity index (χ1v) is 5.92. The van der Waals surface area contributed by atoms with E-state index in [1.54, 1.807) is 30.5 Å². The summed E-state index contributed by atoms with van der Waals surface area (Å²) in [6.07, 6.45) is 3.36. The lowest BCUT2D eigenvalue weighted by Gasteiger charge is -2.00. The van der Waals surface area contributed by atoms with Crippen LogP contribution in [-0.4, -0.2) is 5.91 Å². The summed E-state index contributed by atoms with van der Waals surface area (Å²) in [6.45, 7) is 0. The predicted octanol–water partition coefficient (Wildman–Crippen LogP) is 3.74. The van der Waals surface area contributed by atoms with Crippen LogP contribution in [0.5, 0.6) is 0 Å². The van der Waals surface area contributed by atoms with Crippen LogP contribution in [0.1, 0.15) is 15.9 Å². The molecule has 0 atom stereocenters. The van der Waals surface area contributed by atoms with Crippen LogP contribution in [0.15, 0.2) is 60.8 Å². The smallest absolute Gasteiger partial charge is 0.255 e. The molecule has 18 heavy (non-hydrogen) atoms. The molecule has 0 aliphatic rings. The molecule has 0 aliphatic heterocycles. The number of nitrogens with one attached hydrogen (secondary N) is 1. The lowest BCUT2D eigenvalue weighted by atomic mass is 10.2. The van der Waals surface area contributed by atoms with Crippen LogP contribution in [0.25, 0.3) is 6.08 Å². The number of hydrogen-bond donors (Lipinski definition) is 1. The third-order valence-electron chi connectivity index (χ3n) is 2.42. The van der Waals surface area contributed by atoms with E-state index in [2.05, 4.69) is 5.32 Å². The van der Waals surface area contributed by atoms with Crippen molar-refractivity contribution in [2.45, 2.75) is 0 Å². The fraction of sp³-hybridized carbons (Fsp3) is 0. The molecule has 0 fully saturated rings. The van der Waals surface area contributed by atoms with E-state index in [9.17, 15) is 4.79 Å². The Bertz CT molecular complexity index is 564. The van der Waals surface area contributed by atoms with Gasteiger partial charge in [-0.2, -0.15) is 0 Å². The summed E-state index contributed by atoms with van der Waals surface area (Å²) < 4.78 is 0. The molecule has 2 aromatic rings. The maximum atomic E-state index is 11.7. The first kappa shape index (κ1) is 12.4. The van der Waals surface area contributed by atoms with Crippen LogP contribution in [0, 0.1) is 0 Å². The van der Waals surface area contributed by atoms with Gasteiger partial charge in [0.15, 0.2) is 0 Å². The van der Waals surface area contributed by atoms with Gasteiger partial charge >= 0.3 is 0 Å². The molecule has 90 valence electrons. The van der Waals surface area contributed by atoms with E-state index in [0.29, 0.717) is 10.6 Å². The Morgan fingerprint density at radius 1 is 1.00 bits per heavy atom. The zero-order valence-corrected chi connectivity index (χ0v) is 10.4. The molecule has 0 saturated heterocycles. The molecule has 0 heterocycles. The minimum absolute atomic E-state index is 0.140. The standard InChI is InChI=1S/C15H12ClNO/c16-14-9-5-4-6-12(14)10-11-17-15(18)13-7-2-1-3-8-13/h1-11H,(H,17,18)/b11-10-. The number of rotatable bonds is 3. The van der Waals surface area contributed by atoms with Gasteiger partial charge in [0, 0.05) is 16.8 Å². The summed E-state index contributed by atoms with van der Waals surface area (Å²) in [6, 6.07) is 16.5. The van der Waals surface area contributed by atoms with Crippen LogP contribution in [-0.2, 0) is 0 Å². The highest BCUT2D eigenvalue weighted by Gasteiger charge is 2.00. The topological polar surface area (TPSA) is 29.1 Å². The molecular formula is C15H12ClNO. The monoisotopic (exact) mass is 257 g/mol. The average molecular weight is 258 g/mol. The Kier molecular flexibility index (Phi) is 4.15. The zero-order valence-electron chi connectivity index (χ0n) is 9.64. The molecule has 2 rings (SSSR count). The van der Waals surface area contributed by atoms with E-state index < -0.39 is 0 Å². The summed E-state index contributed by atoms with van der Waals surface area (Å²) in [5.74, 6) is -0.140. The fourth-order valence-electron chi connectivity index (χ4n) is 1.49. The molecule has 2 nitrogen and oxygen atoms in total. The van der Waals surface area contributed by atoms with Gasteiger partial charge in [0.05, 0.1) is 0 Å². The van der Waals surface area contributed by atoms with Crippen molar-refractivity contribution >= 4 is 23.6 Å². The Morgan fingerprint density at radius 3 is 2.39 bits per heavy atom. The molecule has 0 bridgehead atoms. The maximum absolute atomic E-state index is 11.7. The summed E-state index contributed by atoms with van der Waals surface area (Å²) in [4.78, 5) is 11.7. The Labute approximate surface area is 111 Å². The number of benzene rings is 2. The molecule has 0 aromatic heterocycles. The van der Waals surface area contributed by atoms with Crippen molar-refractivity contribution in [2.75, 3.05) is 0 Å². The van der Waals surface area contributed by atoms with Crippen LogP contribution in [0.4, 0.5) is 0 Å². The molecule has 0 saturated carbocycles. The van der Waals surface area contributed by atoms with Gasteiger partial charge in [-0.3, -0.25) is 4.79 Å². The van der Waals surface area contributed by atoms with E-state index in [-0.39, 0.29) is 5.91 Å². The summed E-state index contributed by atoms with van der Waals surface area (Å²) in [5, 5.41) is 3.35. The van der Waals surface area contributed by atoms with Gasteiger partial charge in [-0.05, 0) is 29.8 Å². The van der Waals surface area contributed by atoms with Gasteiger partial charge in [0.25, 0.3) is 5.91 Å². The minimum atomic E-state index is -0.140. The van der Waals surface area contributed by atoms with E-state index >= 15 is 0 Å². The lowest BCUT2D eigenvalue weighted by molar-refractivity contribution is 0.0970. The van der Waals surface area contributed by atoms with Gasteiger partial charge in [-0.15, -0.1) is 0 Å². The van der Waals surface area contributed by atoms with E-state index in [1.807, 2.05) is 36.4 Å². The Hall–Kier alpha value is -2.06. The third-order valence-corrected chi connectivity index (χ3v) is 2.76. The van der Waals surface area contributed by atoms with Crippen LogP contribution >= 0.6 is 11.6 Å². The average Bonchev–Trinajstić information content (AvgIpc) is 2.42. The third kappa shape index (κ3) is 3.22. The molecule has 1 N–H and O–H groups in total. The van der Waals surface area contributed by atoms with Crippen molar-refractivity contribution in [2.24, 2.45) is 0 Å². The van der Waals surface area contributed by atoms with Crippen molar-refractivity contribution in [1.29, 1.82) is 0 Å². The minimum Gasteiger partial charge on any atom is -0.329 e. The van der Waals surface area contributed by atoms with E-state index in [1.165, 1.54) is 0 Å². The fourth-order valence-corrected chi connectivity index (χ4v) is 1.69. The number of carbonyl (C=O) groups excluding carboxylic acids is 1. The van der Waals surface area contributed by atoms with Crippen LogP contribution in [0.3, 0.4) is 0 Å². The number of halogens is 1. The normalized spacial score (nSPS) is 10.5. The first-order valence-electron chi connectivity index (χ1n) is 5.54. The maximum Gasteiger partial charge on any atom is 0.255 e. The second-order valence-corrected chi connectivity index (χ2v) is 4.10. The van der Waals surface area contributed by atoms with E-state index in [0.717, 1.165) is 5.56 Å². The molecule has 2 aromatic carbocycles. The SMILES string of the molecule is O=C(N/C=C\c1ccccc1Cl)c1ccccc1. The second-order valence-electron chi connectivity index (χ2n) is 3.69. The first-order chi connectivity index (χ1) is 8.77. The van der Waals surface area contributed by atoms with Crippen molar-refractivity contribution in [3.8, 4) is 0 Å². The highest BCUT2D eigenvalue weighted by Crippen LogP contribution is 2.15. The Balaban J connectivity index is 2.00. The summed E-state index contributed by atoms with van der Waals surface area (Å²) in [7, 11) is 0. The summed E-state index contributed by atoms with van der Waals surface area (Å²) in [5.41, 5.74) is 1.49. The molecule has 0 unspecified atom stereocenters.